The highest BCUT2D eigenvalue weighted by atomic mass is 16.5. The summed E-state index contributed by atoms with van der Waals surface area (Å²) in [5.74, 6) is -0.0909. The molecule has 0 aliphatic heterocycles. The molecule has 0 saturated carbocycles. The number of hydrogen-bond acceptors (Lipinski definition) is 3. The van der Waals surface area contributed by atoms with Gasteiger partial charge in [0.2, 0.25) is 0 Å². The van der Waals surface area contributed by atoms with E-state index in [-0.39, 0.29) is 12.1 Å². The SMILES string of the molecule is CCCCCCCCCCCCCC(O)CCCCCCCCCC(=O)OC. The van der Waals surface area contributed by atoms with E-state index in [9.17, 15) is 9.90 Å². The minimum Gasteiger partial charge on any atom is -0.469 e. The van der Waals surface area contributed by atoms with E-state index in [0.717, 1.165) is 32.1 Å². The first kappa shape index (κ1) is 27.4. The lowest BCUT2D eigenvalue weighted by Gasteiger charge is -2.10. The number of ether oxygens (including phenoxy) is 1. The summed E-state index contributed by atoms with van der Waals surface area (Å²) in [5.41, 5.74) is 0. The fraction of sp³-hybridized carbons (Fsp3) is 0.960. The molecular weight excluding hydrogens is 348 g/mol. The molecule has 0 aromatic heterocycles. The number of aliphatic hydroxyl groups excluding tert-OH is 1. The van der Waals surface area contributed by atoms with E-state index in [1.807, 2.05) is 0 Å². The van der Waals surface area contributed by atoms with Crippen molar-refractivity contribution in [3.63, 3.8) is 0 Å². The average Bonchev–Trinajstić information content (AvgIpc) is 2.70. The molecule has 1 atom stereocenters. The van der Waals surface area contributed by atoms with E-state index in [4.69, 9.17) is 0 Å². The van der Waals surface area contributed by atoms with Gasteiger partial charge in [-0.25, -0.2) is 0 Å². The van der Waals surface area contributed by atoms with Crippen LogP contribution in [-0.4, -0.2) is 24.3 Å². The second-order valence-electron chi connectivity index (χ2n) is 8.57. The molecule has 0 fully saturated rings. The molecule has 28 heavy (non-hydrogen) atoms. The summed E-state index contributed by atoms with van der Waals surface area (Å²) in [4.78, 5) is 11.0. The zero-order valence-electron chi connectivity index (χ0n) is 19.2. The number of hydrogen-bond donors (Lipinski definition) is 1. The Kier molecular flexibility index (Phi) is 22.3. The van der Waals surface area contributed by atoms with Gasteiger partial charge in [-0.15, -0.1) is 0 Å². The van der Waals surface area contributed by atoms with Crippen molar-refractivity contribution >= 4 is 5.97 Å². The maximum absolute atomic E-state index is 11.0. The van der Waals surface area contributed by atoms with Gasteiger partial charge in [0.05, 0.1) is 13.2 Å². The summed E-state index contributed by atoms with van der Waals surface area (Å²) in [7, 11) is 1.45. The molecule has 3 heteroatoms. The van der Waals surface area contributed by atoms with Crippen molar-refractivity contribution in [3.05, 3.63) is 0 Å². The van der Waals surface area contributed by atoms with E-state index < -0.39 is 0 Å². The number of aliphatic hydroxyl groups is 1. The molecule has 0 saturated heterocycles. The first-order chi connectivity index (χ1) is 13.7. The van der Waals surface area contributed by atoms with Crippen LogP contribution in [0.25, 0.3) is 0 Å². The standard InChI is InChI=1S/C25H50O3/c1-3-4-5-6-7-8-9-10-12-15-18-21-24(26)22-19-16-13-11-14-17-20-23-25(27)28-2/h24,26H,3-23H2,1-2H3. The van der Waals surface area contributed by atoms with Gasteiger partial charge in [-0.1, -0.05) is 116 Å². The Morgan fingerprint density at radius 1 is 0.643 bits per heavy atom. The average molecular weight is 399 g/mol. The number of esters is 1. The summed E-state index contributed by atoms with van der Waals surface area (Å²) >= 11 is 0. The Balaban J connectivity index is 3.17. The zero-order valence-corrected chi connectivity index (χ0v) is 19.2. The fourth-order valence-corrected chi connectivity index (χ4v) is 3.82. The molecule has 1 N–H and O–H groups in total. The molecule has 0 aliphatic carbocycles. The summed E-state index contributed by atoms with van der Waals surface area (Å²) in [6, 6.07) is 0. The second-order valence-corrected chi connectivity index (χ2v) is 8.57. The van der Waals surface area contributed by atoms with Crippen LogP contribution < -0.4 is 0 Å². The Bertz CT molecular complexity index is 317. The smallest absolute Gasteiger partial charge is 0.305 e. The predicted octanol–water partition coefficient (Wildman–Crippen LogP) is 7.73. The third-order valence-electron chi connectivity index (χ3n) is 5.79. The first-order valence-electron chi connectivity index (χ1n) is 12.5. The van der Waals surface area contributed by atoms with E-state index >= 15 is 0 Å². The van der Waals surface area contributed by atoms with Crippen LogP contribution in [0.2, 0.25) is 0 Å². The molecule has 3 nitrogen and oxygen atoms in total. The normalized spacial score (nSPS) is 12.2. The molecule has 0 heterocycles. The molecule has 168 valence electrons. The molecule has 0 spiro atoms. The monoisotopic (exact) mass is 398 g/mol. The van der Waals surface area contributed by atoms with Gasteiger partial charge in [0.25, 0.3) is 0 Å². The fourth-order valence-electron chi connectivity index (χ4n) is 3.82. The topological polar surface area (TPSA) is 46.5 Å². The number of methoxy groups -OCH3 is 1. The highest BCUT2D eigenvalue weighted by Gasteiger charge is 2.04. The third kappa shape index (κ3) is 21.7. The van der Waals surface area contributed by atoms with Crippen molar-refractivity contribution in [3.8, 4) is 0 Å². The minimum atomic E-state index is -0.0909. The van der Waals surface area contributed by atoms with Crippen LogP contribution >= 0.6 is 0 Å². The highest BCUT2D eigenvalue weighted by molar-refractivity contribution is 5.68. The molecular formula is C25H50O3. The van der Waals surface area contributed by atoms with Gasteiger partial charge < -0.3 is 9.84 Å². The number of carbonyl (C=O) groups excluding carboxylic acids is 1. The molecule has 0 amide bonds. The summed E-state index contributed by atoms with van der Waals surface area (Å²) in [6.45, 7) is 2.27. The lowest BCUT2D eigenvalue weighted by molar-refractivity contribution is -0.140. The zero-order chi connectivity index (χ0) is 20.7. The van der Waals surface area contributed by atoms with E-state index in [0.29, 0.717) is 6.42 Å². The van der Waals surface area contributed by atoms with Gasteiger partial charge >= 0.3 is 5.97 Å². The van der Waals surface area contributed by atoms with E-state index in [1.54, 1.807) is 0 Å². The maximum atomic E-state index is 11.0. The molecule has 0 aromatic rings. The summed E-state index contributed by atoms with van der Waals surface area (Å²) < 4.78 is 4.64. The van der Waals surface area contributed by atoms with E-state index in [2.05, 4.69) is 11.7 Å². The number of rotatable bonds is 22. The molecule has 0 aromatic carbocycles. The lowest BCUT2D eigenvalue weighted by atomic mass is 10.0. The van der Waals surface area contributed by atoms with Crippen molar-refractivity contribution in [1.29, 1.82) is 0 Å². The van der Waals surface area contributed by atoms with Gasteiger partial charge in [-0.3, -0.25) is 4.79 Å². The van der Waals surface area contributed by atoms with E-state index in [1.165, 1.54) is 103 Å². The van der Waals surface area contributed by atoms with Crippen LogP contribution in [0.15, 0.2) is 0 Å². The van der Waals surface area contributed by atoms with Crippen molar-refractivity contribution in [1.82, 2.24) is 0 Å². The Hall–Kier alpha value is -0.570. The van der Waals surface area contributed by atoms with Crippen molar-refractivity contribution in [2.45, 2.75) is 148 Å². The number of carbonyl (C=O) groups is 1. The second kappa shape index (κ2) is 22.7. The summed E-state index contributed by atoms with van der Waals surface area (Å²) in [6.07, 6.45) is 25.6. The van der Waals surface area contributed by atoms with Crippen LogP contribution in [0.1, 0.15) is 142 Å². The van der Waals surface area contributed by atoms with Gasteiger partial charge in [0.1, 0.15) is 0 Å². The van der Waals surface area contributed by atoms with Crippen molar-refractivity contribution in [2.24, 2.45) is 0 Å². The molecule has 0 rings (SSSR count). The highest BCUT2D eigenvalue weighted by Crippen LogP contribution is 2.15. The predicted molar refractivity (Wildman–Crippen MR) is 121 cm³/mol. The third-order valence-corrected chi connectivity index (χ3v) is 5.79. The Morgan fingerprint density at radius 2 is 1.00 bits per heavy atom. The lowest BCUT2D eigenvalue weighted by Crippen LogP contribution is -2.05. The first-order valence-corrected chi connectivity index (χ1v) is 12.5. The summed E-state index contributed by atoms with van der Waals surface area (Å²) in [5, 5.41) is 10.1. The van der Waals surface area contributed by atoms with Crippen LogP contribution in [0.3, 0.4) is 0 Å². The Labute approximate surface area is 176 Å². The molecule has 1 unspecified atom stereocenters. The minimum absolute atomic E-state index is 0.0846. The molecule has 0 radical (unpaired) electrons. The van der Waals surface area contributed by atoms with Crippen molar-refractivity contribution in [2.75, 3.05) is 7.11 Å². The van der Waals surface area contributed by atoms with Gasteiger partial charge in [-0.2, -0.15) is 0 Å². The maximum Gasteiger partial charge on any atom is 0.305 e. The van der Waals surface area contributed by atoms with Crippen molar-refractivity contribution < 1.29 is 14.6 Å². The van der Waals surface area contributed by atoms with Crippen LogP contribution in [-0.2, 0) is 9.53 Å². The van der Waals surface area contributed by atoms with Crippen LogP contribution in [0.5, 0.6) is 0 Å². The van der Waals surface area contributed by atoms with Crippen LogP contribution in [0.4, 0.5) is 0 Å². The molecule has 0 aliphatic rings. The van der Waals surface area contributed by atoms with Gasteiger partial charge in [0.15, 0.2) is 0 Å². The number of unbranched alkanes of at least 4 members (excludes halogenated alkanes) is 16. The molecule has 0 bridgehead atoms. The largest absolute Gasteiger partial charge is 0.469 e. The quantitative estimate of drug-likeness (QED) is 0.150. The van der Waals surface area contributed by atoms with Gasteiger partial charge in [0, 0.05) is 6.42 Å². The van der Waals surface area contributed by atoms with Gasteiger partial charge in [-0.05, 0) is 19.3 Å². The Morgan fingerprint density at radius 3 is 1.39 bits per heavy atom. The van der Waals surface area contributed by atoms with Crippen LogP contribution in [0, 0.1) is 0 Å².